The largest absolute Gasteiger partial charge is 0.504 e. The van der Waals surface area contributed by atoms with Gasteiger partial charge in [-0.15, -0.1) is 0 Å². The van der Waals surface area contributed by atoms with Crippen LogP contribution in [-0.4, -0.2) is 59.1 Å². The van der Waals surface area contributed by atoms with Crippen LogP contribution in [0.3, 0.4) is 0 Å². The van der Waals surface area contributed by atoms with Crippen molar-refractivity contribution < 1.29 is 19.4 Å². The zero-order chi connectivity index (χ0) is 24.6. The summed E-state index contributed by atoms with van der Waals surface area (Å²) < 4.78 is 5.24. The van der Waals surface area contributed by atoms with Crippen molar-refractivity contribution in [3.8, 4) is 11.5 Å². The number of carbonyl (C=O) groups excluding carboxylic acids is 2. The molecule has 2 N–H and O–H groups in total. The number of amides is 3. The lowest BCUT2D eigenvalue weighted by atomic mass is 9.73. The molecule has 0 unspecified atom stereocenters. The van der Waals surface area contributed by atoms with Gasteiger partial charge in [0.15, 0.2) is 11.5 Å². The van der Waals surface area contributed by atoms with Crippen molar-refractivity contribution in [3.05, 3.63) is 58.6 Å². The second kappa shape index (κ2) is 9.70. The molecule has 5 rings (SSSR count). The molecule has 1 atom stereocenters. The number of piperidine rings is 1. The van der Waals surface area contributed by atoms with E-state index in [1.165, 1.54) is 4.90 Å². The second-order valence-electron chi connectivity index (χ2n) is 10.0. The Morgan fingerprint density at radius 2 is 1.77 bits per heavy atom. The quantitative estimate of drug-likeness (QED) is 0.534. The molecule has 2 aromatic carbocycles. The molecular formula is C27H32ClN3O4. The Kier molecular flexibility index (Phi) is 6.64. The fourth-order valence-electron chi connectivity index (χ4n) is 5.54. The highest BCUT2D eigenvalue weighted by Crippen LogP contribution is 2.40. The SMILES string of the molecule is COc1cccc(CN2CCC([C@@]3(Cc4ccccc4Cl)NC(=O)N(CC4CC4)C3=O)CC2)c1O. The number of phenols is 1. The van der Waals surface area contributed by atoms with Crippen molar-refractivity contribution in [3.63, 3.8) is 0 Å². The van der Waals surface area contributed by atoms with Crippen molar-refractivity contribution in [2.24, 2.45) is 11.8 Å². The molecule has 7 nitrogen and oxygen atoms in total. The molecule has 3 amide bonds. The van der Waals surface area contributed by atoms with E-state index >= 15 is 0 Å². The van der Waals surface area contributed by atoms with Crippen LogP contribution >= 0.6 is 11.6 Å². The fraction of sp³-hybridized carbons (Fsp3) is 0.481. The molecule has 2 saturated heterocycles. The number of para-hydroxylation sites is 1. The molecule has 186 valence electrons. The highest BCUT2D eigenvalue weighted by Gasteiger charge is 2.56. The van der Waals surface area contributed by atoms with Gasteiger partial charge in [0, 0.05) is 30.1 Å². The number of phenolic OH excluding ortho intramolecular Hbond substituents is 1. The van der Waals surface area contributed by atoms with Crippen molar-refractivity contribution in [1.82, 2.24) is 15.1 Å². The van der Waals surface area contributed by atoms with Gasteiger partial charge in [-0.3, -0.25) is 14.6 Å². The normalized spacial score (nSPS) is 23.5. The van der Waals surface area contributed by atoms with Gasteiger partial charge in [-0.1, -0.05) is 41.9 Å². The van der Waals surface area contributed by atoms with Gasteiger partial charge in [0.2, 0.25) is 0 Å². The van der Waals surface area contributed by atoms with E-state index in [-0.39, 0.29) is 23.6 Å². The van der Waals surface area contributed by atoms with Gasteiger partial charge < -0.3 is 15.2 Å². The van der Waals surface area contributed by atoms with Gasteiger partial charge in [-0.25, -0.2) is 4.79 Å². The van der Waals surface area contributed by atoms with Gasteiger partial charge in [0.25, 0.3) is 5.91 Å². The van der Waals surface area contributed by atoms with Gasteiger partial charge in [0.05, 0.1) is 7.11 Å². The molecular weight excluding hydrogens is 466 g/mol. The van der Waals surface area contributed by atoms with Crippen molar-refractivity contribution in [2.45, 2.75) is 44.2 Å². The number of aromatic hydroxyl groups is 1. The topological polar surface area (TPSA) is 82.1 Å². The summed E-state index contributed by atoms with van der Waals surface area (Å²) in [6.07, 6.45) is 4.06. The number of carbonyl (C=O) groups is 2. The standard InChI is InChI=1S/C27H32ClN3O4/c1-35-23-8-4-6-20(24(23)32)17-30-13-11-21(12-14-30)27(15-19-5-2-3-7-22(19)28)25(33)31(26(34)29-27)16-18-9-10-18/h2-8,18,21,32H,9-17H2,1H3,(H,29,34)/t27-/m1/s1. The number of benzene rings is 2. The average Bonchev–Trinajstić information content (AvgIpc) is 3.65. The summed E-state index contributed by atoms with van der Waals surface area (Å²) in [7, 11) is 1.54. The van der Waals surface area contributed by atoms with Crippen LogP contribution in [0.1, 0.15) is 36.8 Å². The Bertz CT molecular complexity index is 1110. The molecule has 8 heteroatoms. The van der Waals surface area contributed by atoms with E-state index in [4.69, 9.17) is 16.3 Å². The molecule has 0 bridgehead atoms. The summed E-state index contributed by atoms with van der Waals surface area (Å²) in [5, 5.41) is 14.2. The first-order valence-corrected chi connectivity index (χ1v) is 12.7. The van der Waals surface area contributed by atoms with Crippen molar-refractivity contribution >= 4 is 23.5 Å². The summed E-state index contributed by atoms with van der Waals surface area (Å²) in [5.74, 6) is 0.943. The molecule has 2 aromatic rings. The van der Waals surface area contributed by atoms with E-state index in [1.807, 2.05) is 36.4 Å². The smallest absolute Gasteiger partial charge is 0.325 e. The molecule has 3 fully saturated rings. The van der Waals surface area contributed by atoms with Crippen LogP contribution in [0.2, 0.25) is 5.02 Å². The summed E-state index contributed by atoms with van der Waals surface area (Å²) in [6, 6.07) is 12.8. The van der Waals surface area contributed by atoms with Gasteiger partial charge in [0.1, 0.15) is 5.54 Å². The third kappa shape index (κ3) is 4.71. The Morgan fingerprint density at radius 3 is 2.46 bits per heavy atom. The maximum atomic E-state index is 13.8. The first-order chi connectivity index (χ1) is 16.9. The summed E-state index contributed by atoms with van der Waals surface area (Å²) in [4.78, 5) is 30.6. The number of hydrogen-bond donors (Lipinski definition) is 2. The maximum absolute atomic E-state index is 13.8. The molecule has 0 radical (unpaired) electrons. The number of imide groups is 1. The minimum atomic E-state index is -0.985. The number of ether oxygens (including phenoxy) is 1. The number of hydrogen-bond acceptors (Lipinski definition) is 5. The van der Waals surface area contributed by atoms with Gasteiger partial charge >= 0.3 is 6.03 Å². The number of nitrogens with zero attached hydrogens (tertiary/aromatic N) is 2. The number of halogens is 1. The molecule has 0 aromatic heterocycles. The third-order valence-corrected chi connectivity index (χ3v) is 8.12. The zero-order valence-electron chi connectivity index (χ0n) is 20.0. The molecule has 0 spiro atoms. The van der Waals surface area contributed by atoms with E-state index in [9.17, 15) is 14.7 Å². The molecule has 35 heavy (non-hydrogen) atoms. The number of rotatable bonds is 8. The predicted molar refractivity (Wildman–Crippen MR) is 134 cm³/mol. The van der Waals surface area contributed by atoms with Crippen LogP contribution in [0.5, 0.6) is 11.5 Å². The van der Waals surface area contributed by atoms with E-state index in [0.29, 0.717) is 36.2 Å². The highest BCUT2D eigenvalue weighted by molar-refractivity contribution is 6.31. The lowest BCUT2D eigenvalue weighted by molar-refractivity contribution is -0.134. The van der Waals surface area contributed by atoms with Crippen LogP contribution in [0.25, 0.3) is 0 Å². The van der Waals surface area contributed by atoms with Crippen LogP contribution in [0, 0.1) is 11.8 Å². The van der Waals surface area contributed by atoms with E-state index < -0.39 is 5.54 Å². The zero-order valence-corrected chi connectivity index (χ0v) is 20.8. The average molecular weight is 498 g/mol. The Labute approximate surface area is 211 Å². The monoisotopic (exact) mass is 497 g/mol. The molecule has 2 aliphatic heterocycles. The first kappa shape index (κ1) is 23.9. The summed E-state index contributed by atoms with van der Waals surface area (Å²) in [6.45, 7) is 2.62. The Hall–Kier alpha value is -2.77. The third-order valence-electron chi connectivity index (χ3n) is 7.75. The van der Waals surface area contributed by atoms with E-state index in [2.05, 4.69) is 10.2 Å². The summed E-state index contributed by atoms with van der Waals surface area (Å²) in [5.41, 5.74) is 0.704. The maximum Gasteiger partial charge on any atom is 0.325 e. The van der Waals surface area contributed by atoms with E-state index in [1.54, 1.807) is 13.2 Å². The minimum Gasteiger partial charge on any atom is -0.504 e. The number of nitrogens with one attached hydrogen (secondary N) is 1. The molecule has 1 aliphatic carbocycles. The highest BCUT2D eigenvalue weighted by atomic mass is 35.5. The van der Waals surface area contributed by atoms with Crippen LogP contribution in [0.15, 0.2) is 42.5 Å². The summed E-state index contributed by atoms with van der Waals surface area (Å²) >= 11 is 6.49. The Morgan fingerprint density at radius 1 is 1.06 bits per heavy atom. The predicted octanol–water partition coefficient (Wildman–Crippen LogP) is 4.21. The Balaban J connectivity index is 1.35. The molecule has 1 saturated carbocycles. The van der Waals surface area contributed by atoms with E-state index in [0.717, 1.165) is 49.9 Å². The first-order valence-electron chi connectivity index (χ1n) is 12.4. The lowest BCUT2D eigenvalue weighted by Crippen LogP contribution is -2.57. The van der Waals surface area contributed by atoms with Crippen molar-refractivity contribution in [2.75, 3.05) is 26.7 Å². The van der Waals surface area contributed by atoms with Crippen LogP contribution in [-0.2, 0) is 17.8 Å². The van der Waals surface area contributed by atoms with Gasteiger partial charge in [-0.05, 0) is 68.3 Å². The second-order valence-corrected chi connectivity index (χ2v) is 10.5. The minimum absolute atomic E-state index is 0.00502. The molecule has 3 aliphatic rings. The van der Waals surface area contributed by atoms with Gasteiger partial charge in [-0.2, -0.15) is 0 Å². The fourth-order valence-corrected chi connectivity index (χ4v) is 5.74. The number of likely N-dealkylation sites (tertiary alicyclic amines) is 1. The molecule has 2 heterocycles. The lowest BCUT2D eigenvalue weighted by Gasteiger charge is -2.41. The number of urea groups is 1. The van der Waals surface area contributed by atoms with Crippen LogP contribution in [0.4, 0.5) is 4.79 Å². The van der Waals surface area contributed by atoms with Crippen LogP contribution < -0.4 is 10.1 Å². The number of methoxy groups -OCH3 is 1. The van der Waals surface area contributed by atoms with Crippen molar-refractivity contribution in [1.29, 1.82) is 0 Å².